The van der Waals surface area contributed by atoms with Crippen molar-refractivity contribution in [1.29, 1.82) is 0 Å². The number of nitrogens with one attached hydrogen (secondary N) is 2. The molecular weight excluding hydrogens is 314 g/mol. The topological polar surface area (TPSA) is 64.6 Å². The molecule has 6 heteroatoms. The zero-order chi connectivity index (χ0) is 16.3. The van der Waals surface area contributed by atoms with Gasteiger partial charge >= 0.3 is 6.03 Å². The van der Waals surface area contributed by atoms with Gasteiger partial charge in [-0.2, -0.15) is 0 Å². The van der Waals surface area contributed by atoms with Crippen LogP contribution in [0.2, 0.25) is 5.02 Å². The van der Waals surface area contributed by atoms with Crippen molar-refractivity contribution < 1.29 is 9.90 Å². The molecule has 2 fully saturated rings. The van der Waals surface area contributed by atoms with Crippen molar-refractivity contribution in [2.24, 2.45) is 0 Å². The third-order valence-corrected chi connectivity index (χ3v) is 5.20. The van der Waals surface area contributed by atoms with Gasteiger partial charge in [-0.25, -0.2) is 4.79 Å². The first-order valence-corrected chi connectivity index (χ1v) is 8.74. The van der Waals surface area contributed by atoms with Crippen LogP contribution < -0.4 is 15.5 Å². The molecule has 2 aliphatic rings. The first-order valence-electron chi connectivity index (χ1n) is 8.36. The summed E-state index contributed by atoms with van der Waals surface area (Å²) in [6, 6.07) is 5.33. The molecule has 0 aromatic heterocycles. The van der Waals surface area contributed by atoms with E-state index in [1.54, 1.807) is 6.07 Å². The summed E-state index contributed by atoms with van der Waals surface area (Å²) in [5.74, 6) is 0. The van der Waals surface area contributed by atoms with E-state index < -0.39 is 5.54 Å². The number of aliphatic hydroxyl groups is 1. The van der Waals surface area contributed by atoms with E-state index in [0.29, 0.717) is 10.7 Å². The van der Waals surface area contributed by atoms with Crippen molar-refractivity contribution in [3.63, 3.8) is 0 Å². The number of carbonyl (C=O) groups excluding carboxylic acids is 1. The molecule has 1 aromatic rings. The molecule has 1 saturated carbocycles. The minimum atomic E-state index is -0.469. The molecular formula is C17H24ClN3O2. The van der Waals surface area contributed by atoms with Crippen LogP contribution in [0.4, 0.5) is 16.2 Å². The Morgan fingerprint density at radius 2 is 1.91 bits per heavy atom. The lowest BCUT2D eigenvalue weighted by Crippen LogP contribution is -2.50. The lowest BCUT2D eigenvalue weighted by molar-refractivity contribution is 0.167. The van der Waals surface area contributed by atoms with Crippen molar-refractivity contribution in [1.82, 2.24) is 5.32 Å². The number of hydrogen-bond donors (Lipinski definition) is 3. The van der Waals surface area contributed by atoms with Crippen molar-refractivity contribution >= 4 is 29.0 Å². The zero-order valence-corrected chi connectivity index (χ0v) is 14.0. The van der Waals surface area contributed by atoms with Gasteiger partial charge in [-0.05, 0) is 43.9 Å². The van der Waals surface area contributed by atoms with Gasteiger partial charge < -0.3 is 20.6 Å². The summed E-state index contributed by atoms with van der Waals surface area (Å²) >= 11 is 6.36. The first kappa shape index (κ1) is 16.4. The molecule has 3 N–H and O–H groups in total. The van der Waals surface area contributed by atoms with Crippen LogP contribution in [0.25, 0.3) is 0 Å². The highest BCUT2D eigenvalue weighted by Gasteiger charge is 2.34. The van der Waals surface area contributed by atoms with E-state index >= 15 is 0 Å². The summed E-state index contributed by atoms with van der Waals surface area (Å²) < 4.78 is 0. The number of rotatable bonds is 4. The lowest BCUT2D eigenvalue weighted by atomic mass is 9.99. The van der Waals surface area contributed by atoms with Crippen LogP contribution >= 0.6 is 11.6 Å². The maximum atomic E-state index is 12.2. The number of halogens is 1. The maximum absolute atomic E-state index is 12.2. The molecule has 2 amide bonds. The molecule has 0 unspecified atom stereocenters. The molecule has 126 valence electrons. The normalized spacial score (nSPS) is 19.8. The minimum Gasteiger partial charge on any atom is -0.394 e. The second kappa shape index (κ2) is 6.97. The highest BCUT2D eigenvalue weighted by molar-refractivity contribution is 6.33. The van der Waals surface area contributed by atoms with Crippen LogP contribution in [0, 0.1) is 0 Å². The van der Waals surface area contributed by atoms with Gasteiger partial charge in [0, 0.05) is 18.8 Å². The SMILES string of the molecule is O=C(Nc1ccc(N2CCCC2)c(Cl)c1)NC1(CO)CCCC1. The molecule has 1 heterocycles. The fraction of sp³-hybridized carbons (Fsp3) is 0.588. The number of urea groups is 1. The van der Waals surface area contributed by atoms with Crippen molar-refractivity contribution in [2.45, 2.75) is 44.1 Å². The molecule has 0 bridgehead atoms. The summed E-state index contributed by atoms with van der Waals surface area (Å²) in [7, 11) is 0. The first-order chi connectivity index (χ1) is 11.1. The van der Waals surface area contributed by atoms with Crippen molar-refractivity contribution in [3.05, 3.63) is 23.2 Å². The number of aliphatic hydroxyl groups excluding tert-OH is 1. The van der Waals surface area contributed by atoms with Gasteiger partial charge in [0.15, 0.2) is 0 Å². The Morgan fingerprint density at radius 3 is 2.52 bits per heavy atom. The summed E-state index contributed by atoms with van der Waals surface area (Å²) in [6.07, 6.45) is 6.12. The van der Waals surface area contributed by atoms with E-state index in [1.807, 2.05) is 12.1 Å². The summed E-state index contributed by atoms with van der Waals surface area (Å²) in [5, 5.41) is 16.0. The van der Waals surface area contributed by atoms with Crippen molar-refractivity contribution in [3.8, 4) is 0 Å². The van der Waals surface area contributed by atoms with Crippen LogP contribution in [0.5, 0.6) is 0 Å². The Labute approximate surface area is 142 Å². The fourth-order valence-corrected chi connectivity index (χ4v) is 3.88. The number of benzene rings is 1. The summed E-state index contributed by atoms with van der Waals surface area (Å²) in [5.41, 5.74) is 1.22. The molecule has 23 heavy (non-hydrogen) atoms. The lowest BCUT2D eigenvalue weighted by Gasteiger charge is -2.28. The number of amides is 2. The molecule has 0 radical (unpaired) electrons. The zero-order valence-electron chi connectivity index (χ0n) is 13.3. The molecule has 1 aliphatic heterocycles. The standard InChI is InChI=1S/C17H24ClN3O2/c18-14-11-13(5-6-15(14)21-9-3-4-10-21)19-16(23)20-17(12-22)7-1-2-8-17/h5-6,11,22H,1-4,7-10,12H2,(H2,19,20,23). The molecule has 1 saturated heterocycles. The molecule has 1 aromatic carbocycles. The predicted octanol–water partition coefficient (Wildman–Crippen LogP) is 3.37. The van der Waals surface area contributed by atoms with Crippen LogP contribution in [0.3, 0.4) is 0 Å². The highest BCUT2D eigenvalue weighted by Crippen LogP contribution is 2.32. The van der Waals surface area contributed by atoms with E-state index in [9.17, 15) is 9.90 Å². The van der Waals surface area contributed by atoms with Crippen molar-refractivity contribution in [2.75, 3.05) is 29.9 Å². The smallest absolute Gasteiger partial charge is 0.319 e. The minimum absolute atomic E-state index is 0.0188. The Hall–Kier alpha value is -1.46. The fourth-order valence-electron chi connectivity index (χ4n) is 3.58. The number of hydrogen-bond acceptors (Lipinski definition) is 3. The van der Waals surface area contributed by atoms with E-state index in [4.69, 9.17) is 11.6 Å². The Kier molecular flexibility index (Phi) is 4.97. The Morgan fingerprint density at radius 1 is 1.22 bits per heavy atom. The predicted molar refractivity (Wildman–Crippen MR) is 93.3 cm³/mol. The molecule has 5 nitrogen and oxygen atoms in total. The Balaban J connectivity index is 1.63. The molecule has 3 rings (SSSR count). The van der Waals surface area contributed by atoms with Gasteiger partial charge in [-0.15, -0.1) is 0 Å². The van der Waals surface area contributed by atoms with Crippen LogP contribution in [0.15, 0.2) is 18.2 Å². The van der Waals surface area contributed by atoms with Gasteiger partial charge in [0.1, 0.15) is 0 Å². The molecule has 0 spiro atoms. The van der Waals surface area contributed by atoms with Gasteiger partial charge in [0.05, 0.1) is 22.9 Å². The van der Waals surface area contributed by atoms with Gasteiger partial charge in [-0.1, -0.05) is 24.4 Å². The quantitative estimate of drug-likeness (QED) is 0.789. The van der Waals surface area contributed by atoms with Gasteiger partial charge in [0.2, 0.25) is 0 Å². The third-order valence-electron chi connectivity index (χ3n) is 4.89. The van der Waals surface area contributed by atoms with Gasteiger partial charge in [0.25, 0.3) is 0 Å². The second-order valence-electron chi connectivity index (χ2n) is 6.59. The van der Waals surface area contributed by atoms with E-state index in [0.717, 1.165) is 44.5 Å². The van der Waals surface area contributed by atoms with E-state index in [-0.39, 0.29) is 12.6 Å². The number of anilines is 2. The molecule has 1 aliphatic carbocycles. The molecule has 0 atom stereocenters. The number of nitrogens with zero attached hydrogens (tertiary/aromatic N) is 1. The summed E-state index contributed by atoms with van der Waals surface area (Å²) in [4.78, 5) is 14.5. The van der Waals surface area contributed by atoms with E-state index in [1.165, 1.54) is 12.8 Å². The van der Waals surface area contributed by atoms with E-state index in [2.05, 4.69) is 15.5 Å². The second-order valence-corrected chi connectivity index (χ2v) is 6.99. The summed E-state index contributed by atoms with van der Waals surface area (Å²) in [6.45, 7) is 2.05. The average Bonchev–Trinajstić information content (AvgIpc) is 3.19. The largest absolute Gasteiger partial charge is 0.394 e. The van der Waals surface area contributed by atoms with Crippen LogP contribution in [0.1, 0.15) is 38.5 Å². The van der Waals surface area contributed by atoms with Gasteiger partial charge in [-0.3, -0.25) is 0 Å². The van der Waals surface area contributed by atoms with Crippen LogP contribution in [-0.2, 0) is 0 Å². The maximum Gasteiger partial charge on any atom is 0.319 e. The monoisotopic (exact) mass is 337 g/mol. The Bertz CT molecular complexity index is 567. The van der Waals surface area contributed by atoms with Crippen LogP contribution in [-0.4, -0.2) is 36.4 Å². The third kappa shape index (κ3) is 3.72. The number of carbonyl (C=O) groups is 1. The highest BCUT2D eigenvalue weighted by atomic mass is 35.5. The average molecular weight is 338 g/mol.